The van der Waals surface area contributed by atoms with Crippen LogP contribution in [0.2, 0.25) is 0 Å². The third-order valence-corrected chi connectivity index (χ3v) is 4.66. The number of nitrogens with zero attached hydrogens (tertiary/aromatic N) is 2. The Bertz CT molecular complexity index is 645. The molecule has 22 heavy (non-hydrogen) atoms. The molecule has 116 valence electrons. The van der Waals surface area contributed by atoms with Crippen LogP contribution >= 0.6 is 15.9 Å². The van der Waals surface area contributed by atoms with Gasteiger partial charge in [-0.2, -0.15) is 4.73 Å². The predicted molar refractivity (Wildman–Crippen MR) is 87.6 cm³/mol. The van der Waals surface area contributed by atoms with Crippen LogP contribution in [0.4, 0.5) is 5.82 Å². The van der Waals surface area contributed by atoms with E-state index in [2.05, 4.69) is 44.4 Å². The molecule has 1 aromatic carbocycles. The number of hydrogen-bond acceptors (Lipinski definition) is 4. The Morgan fingerprint density at radius 2 is 2.18 bits per heavy atom. The first kappa shape index (κ1) is 15.2. The second-order valence-corrected chi connectivity index (χ2v) is 6.47. The van der Waals surface area contributed by atoms with Crippen LogP contribution in [0.3, 0.4) is 0 Å². The number of ether oxygens (including phenoxy) is 1. The van der Waals surface area contributed by atoms with E-state index in [1.54, 1.807) is 0 Å². The van der Waals surface area contributed by atoms with Gasteiger partial charge in [-0.05, 0) is 30.5 Å². The lowest BCUT2D eigenvalue weighted by molar-refractivity contribution is -0.605. The molecule has 0 unspecified atom stereocenters. The maximum absolute atomic E-state index is 11.3. The molecule has 6 heteroatoms. The zero-order chi connectivity index (χ0) is 15.4. The van der Waals surface area contributed by atoms with Gasteiger partial charge >= 0.3 is 0 Å². The Kier molecular flexibility index (Phi) is 4.59. The van der Waals surface area contributed by atoms with Crippen molar-refractivity contribution in [2.45, 2.75) is 18.3 Å². The highest BCUT2D eigenvalue weighted by Gasteiger charge is 2.34. The monoisotopic (exact) mass is 363 g/mol. The molecule has 3 rings (SSSR count). The van der Waals surface area contributed by atoms with Gasteiger partial charge in [-0.3, -0.25) is 0 Å². The van der Waals surface area contributed by atoms with Crippen molar-refractivity contribution in [2.24, 2.45) is 0 Å². The summed E-state index contributed by atoms with van der Waals surface area (Å²) in [4.78, 5) is 4.19. The molecule has 1 fully saturated rings. The molecular formula is C16H18BrN3O2. The minimum absolute atomic E-state index is 0.00668. The zero-order valence-electron chi connectivity index (χ0n) is 12.2. The average molecular weight is 364 g/mol. The summed E-state index contributed by atoms with van der Waals surface area (Å²) in [6.07, 6.45) is 6.23. The minimum Gasteiger partial charge on any atom is -0.619 e. The molecule has 0 radical (unpaired) electrons. The van der Waals surface area contributed by atoms with Gasteiger partial charge in [0.05, 0.1) is 6.20 Å². The van der Waals surface area contributed by atoms with E-state index < -0.39 is 0 Å². The maximum atomic E-state index is 11.3. The third kappa shape index (κ3) is 3.39. The maximum Gasteiger partial charge on any atom is 0.222 e. The van der Waals surface area contributed by atoms with Crippen LogP contribution in [0.25, 0.3) is 0 Å². The Labute approximate surface area is 138 Å². The number of nitrogens with one attached hydrogen (secondary N) is 1. The Hall–Kier alpha value is -1.66. The summed E-state index contributed by atoms with van der Waals surface area (Å²) in [6.45, 7) is 2.22. The summed E-state index contributed by atoms with van der Waals surface area (Å²) in [5.74, 6) is 0.596. The lowest BCUT2D eigenvalue weighted by Gasteiger charge is -2.38. The number of benzene rings is 1. The molecule has 0 spiro atoms. The Morgan fingerprint density at radius 3 is 2.91 bits per heavy atom. The van der Waals surface area contributed by atoms with Crippen LogP contribution in [0, 0.1) is 5.21 Å². The van der Waals surface area contributed by atoms with Gasteiger partial charge in [0.2, 0.25) is 6.20 Å². The summed E-state index contributed by atoms with van der Waals surface area (Å²) in [5, 5.41) is 14.7. The van der Waals surface area contributed by atoms with Gasteiger partial charge in [-0.15, -0.1) is 0 Å². The molecule has 0 aliphatic carbocycles. The van der Waals surface area contributed by atoms with Gasteiger partial charge in [0.15, 0.2) is 12.0 Å². The molecule has 5 nitrogen and oxygen atoms in total. The van der Waals surface area contributed by atoms with Crippen LogP contribution in [0.5, 0.6) is 0 Å². The molecule has 1 aliphatic rings. The fraction of sp³-hybridized carbons (Fsp3) is 0.375. The highest BCUT2D eigenvalue weighted by Crippen LogP contribution is 2.36. The summed E-state index contributed by atoms with van der Waals surface area (Å²) < 4.78 is 7.37. The SMILES string of the molecule is [O-][n+]1ccnc(NCC2(c3cccc(Br)c3)CCOCC2)c1. The quantitative estimate of drug-likeness (QED) is 0.669. The van der Waals surface area contributed by atoms with E-state index >= 15 is 0 Å². The molecule has 1 aromatic heterocycles. The summed E-state index contributed by atoms with van der Waals surface area (Å²) in [7, 11) is 0. The summed E-state index contributed by atoms with van der Waals surface area (Å²) in [6, 6.07) is 8.41. The van der Waals surface area contributed by atoms with Gasteiger partial charge in [0.1, 0.15) is 0 Å². The topological polar surface area (TPSA) is 61.1 Å². The summed E-state index contributed by atoms with van der Waals surface area (Å²) in [5.41, 5.74) is 1.27. The van der Waals surface area contributed by atoms with Crippen LogP contribution in [0.15, 0.2) is 47.3 Å². The van der Waals surface area contributed by atoms with Crippen molar-refractivity contribution in [3.8, 4) is 0 Å². The molecule has 1 aliphatic heterocycles. The van der Waals surface area contributed by atoms with Gasteiger partial charge in [-0.25, -0.2) is 4.98 Å². The lowest BCUT2D eigenvalue weighted by Crippen LogP contribution is -2.40. The van der Waals surface area contributed by atoms with Crippen molar-refractivity contribution >= 4 is 21.7 Å². The van der Waals surface area contributed by atoms with Crippen molar-refractivity contribution in [2.75, 3.05) is 25.1 Å². The zero-order valence-corrected chi connectivity index (χ0v) is 13.8. The average Bonchev–Trinajstić information content (AvgIpc) is 2.54. The number of rotatable bonds is 4. The fourth-order valence-electron chi connectivity index (χ4n) is 2.88. The summed E-state index contributed by atoms with van der Waals surface area (Å²) >= 11 is 3.55. The van der Waals surface area contributed by atoms with Crippen LogP contribution in [0.1, 0.15) is 18.4 Å². The number of hydrogen-bond donors (Lipinski definition) is 1. The van der Waals surface area contributed by atoms with E-state index in [9.17, 15) is 5.21 Å². The van der Waals surface area contributed by atoms with E-state index in [0.29, 0.717) is 5.82 Å². The second-order valence-electron chi connectivity index (χ2n) is 5.56. The third-order valence-electron chi connectivity index (χ3n) is 4.17. The first-order valence-corrected chi connectivity index (χ1v) is 8.10. The van der Waals surface area contributed by atoms with Crippen molar-refractivity contribution in [1.29, 1.82) is 0 Å². The largest absolute Gasteiger partial charge is 0.619 e. The van der Waals surface area contributed by atoms with E-state index in [1.165, 1.54) is 24.2 Å². The van der Waals surface area contributed by atoms with E-state index in [4.69, 9.17) is 4.74 Å². The van der Waals surface area contributed by atoms with Crippen LogP contribution in [-0.2, 0) is 10.2 Å². The van der Waals surface area contributed by atoms with Gasteiger partial charge in [0.25, 0.3) is 0 Å². The van der Waals surface area contributed by atoms with Crippen molar-refractivity contribution < 1.29 is 9.47 Å². The lowest BCUT2D eigenvalue weighted by atomic mass is 9.74. The molecule has 1 saturated heterocycles. The molecule has 0 amide bonds. The molecule has 0 atom stereocenters. The molecule has 0 saturated carbocycles. The van der Waals surface area contributed by atoms with Crippen molar-refractivity contribution in [3.63, 3.8) is 0 Å². The van der Waals surface area contributed by atoms with Gasteiger partial charge < -0.3 is 15.3 Å². The second kappa shape index (κ2) is 6.62. The van der Waals surface area contributed by atoms with Crippen molar-refractivity contribution in [1.82, 2.24) is 4.98 Å². The van der Waals surface area contributed by atoms with Gasteiger partial charge in [0, 0.05) is 29.6 Å². The van der Waals surface area contributed by atoms with E-state index in [0.717, 1.165) is 41.8 Å². The van der Waals surface area contributed by atoms with Crippen LogP contribution < -0.4 is 10.0 Å². The highest BCUT2D eigenvalue weighted by atomic mass is 79.9. The highest BCUT2D eigenvalue weighted by molar-refractivity contribution is 9.10. The molecule has 0 bridgehead atoms. The molecular weight excluding hydrogens is 346 g/mol. The first-order valence-electron chi connectivity index (χ1n) is 7.30. The molecule has 2 aromatic rings. The van der Waals surface area contributed by atoms with E-state index in [-0.39, 0.29) is 5.41 Å². The number of aromatic nitrogens is 2. The number of anilines is 1. The van der Waals surface area contributed by atoms with Gasteiger partial charge in [-0.1, -0.05) is 28.1 Å². The Morgan fingerprint density at radius 1 is 1.36 bits per heavy atom. The first-order chi connectivity index (χ1) is 10.7. The van der Waals surface area contributed by atoms with E-state index in [1.807, 2.05) is 6.07 Å². The van der Waals surface area contributed by atoms with Crippen molar-refractivity contribution in [3.05, 3.63) is 58.1 Å². The standard InChI is InChI=1S/C16H18BrN3O2/c17-14-3-1-2-13(10-14)16(4-8-22-9-5-16)12-19-15-11-20(21)7-6-18-15/h1-3,6-7,10-11H,4-5,8-9,12H2,(H,18,19). The number of halogens is 1. The molecule has 1 N–H and O–H groups in total. The molecule has 2 heterocycles. The Balaban J connectivity index is 1.83. The predicted octanol–water partition coefficient (Wildman–Crippen LogP) is 2.64. The normalized spacial score (nSPS) is 17.1. The van der Waals surface area contributed by atoms with Crippen LogP contribution in [-0.4, -0.2) is 24.7 Å². The smallest absolute Gasteiger partial charge is 0.222 e. The fourth-order valence-corrected chi connectivity index (χ4v) is 3.27. The minimum atomic E-state index is -0.00668.